The predicted molar refractivity (Wildman–Crippen MR) is 92.4 cm³/mol. The number of methoxy groups -OCH3 is 1. The third-order valence-electron chi connectivity index (χ3n) is 4.20. The van der Waals surface area contributed by atoms with Crippen molar-refractivity contribution >= 4 is 23.5 Å². The van der Waals surface area contributed by atoms with E-state index in [0.717, 1.165) is 11.3 Å². The van der Waals surface area contributed by atoms with E-state index in [4.69, 9.17) is 5.73 Å². The van der Waals surface area contributed by atoms with Crippen LogP contribution in [-0.2, 0) is 20.7 Å². The van der Waals surface area contributed by atoms with E-state index in [1.807, 2.05) is 24.3 Å². The van der Waals surface area contributed by atoms with Crippen LogP contribution in [-0.4, -0.2) is 48.0 Å². The van der Waals surface area contributed by atoms with Gasteiger partial charge in [-0.15, -0.1) is 0 Å². The molecule has 1 aliphatic rings. The highest BCUT2D eigenvalue weighted by atomic mass is 16.5. The Kier molecular flexibility index (Phi) is 4.99. The van der Waals surface area contributed by atoms with Gasteiger partial charge in [-0.2, -0.15) is 0 Å². The third-order valence-corrected chi connectivity index (χ3v) is 4.20. The van der Waals surface area contributed by atoms with Gasteiger partial charge in [-0.1, -0.05) is 18.2 Å². The Morgan fingerprint density at radius 1 is 1.38 bits per heavy atom. The molecule has 0 spiro atoms. The van der Waals surface area contributed by atoms with Crippen LogP contribution >= 0.6 is 0 Å². The summed E-state index contributed by atoms with van der Waals surface area (Å²) in [4.78, 5) is 44.3. The quantitative estimate of drug-likeness (QED) is 0.641. The highest BCUT2D eigenvalue weighted by molar-refractivity contribution is 5.98. The molecule has 2 amide bonds. The zero-order valence-electron chi connectivity index (χ0n) is 14.2. The van der Waals surface area contributed by atoms with Crippen molar-refractivity contribution in [2.45, 2.75) is 12.5 Å². The van der Waals surface area contributed by atoms with Crippen LogP contribution in [0, 0.1) is 0 Å². The summed E-state index contributed by atoms with van der Waals surface area (Å²) < 4.78 is 4.48. The number of esters is 1. The molecule has 1 atom stereocenters. The lowest BCUT2D eigenvalue weighted by atomic mass is 10.1. The summed E-state index contributed by atoms with van der Waals surface area (Å²) >= 11 is 0. The van der Waals surface area contributed by atoms with Crippen LogP contribution in [0.2, 0.25) is 0 Å². The van der Waals surface area contributed by atoms with Gasteiger partial charge >= 0.3 is 5.97 Å². The van der Waals surface area contributed by atoms with Crippen LogP contribution < -0.4 is 16.0 Å². The van der Waals surface area contributed by atoms with Crippen molar-refractivity contribution in [1.29, 1.82) is 0 Å². The summed E-state index contributed by atoms with van der Waals surface area (Å²) in [5, 5.41) is 2.43. The second-order valence-electron chi connectivity index (χ2n) is 5.76. The molecule has 9 heteroatoms. The number of aromatic nitrogens is 2. The average molecular weight is 357 g/mol. The van der Waals surface area contributed by atoms with Crippen molar-refractivity contribution in [3.05, 3.63) is 47.5 Å². The molecular formula is C17H19N5O4. The van der Waals surface area contributed by atoms with Gasteiger partial charge in [0.25, 0.3) is 5.91 Å². The summed E-state index contributed by atoms with van der Waals surface area (Å²) in [5.41, 5.74) is 7.55. The number of fused-ring (bicyclic) bond motifs is 1. The van der Waals surface area contributed by atoms with E-state index >= 15 is 0 Å². The topological polar surface area (TPSA) is 130 Å². The van der Waals surface area contributed by atoms with Crippen molar-refractivity contribution in [3.63, 3.8) is 0 Å². The number of nitrogens with zero attached hydrogens (tertiary/aromatic N) is 2. The second kappa shape index (κ2) is 7.36. The van der Waals surface area contributed by atoms with Crippen molar-refractivity contribution in [1.82, 2.24) is 15.3 Å². The van der Waals surface area contributed by atoms with Crippen LogP contribution in [0.4, 0.5) is 5.69 Å². The number of rotatable bonds is 5. The standard InChI is InChI=1S/C17H19N5O4/c1-26-15(24)9-20-17(25)11-8-19-16(21-11)13-6-10-4-2-3-5-12(10)22(13)14(23)7-18/h2-5,8,13H,6-7,9,18H2,1H3,(H,19,21)(H,20,25). The first-order valence-electron chi connectivity index (χ1n) is 8.05. The van der Waals surface area contributed by atoms with Crippen LogP contribution in [0.3, 0.4) is 0 Å². The second-order valence-corrected chi connectivity index (χ2v) is 5.76. The highest BCUT2D eigenvalue weighted by Gasteiger charge is 2.35. The van der Waals surface area contributed by atoms with Gasteiger partial charge in [0, 0.05) is 12.1 Å². The molecule has 2 heterocycles. The molecule has 1 aliphatic heterocycles. The van der Waals surface area contributed by atoms with Crippen LogP contribution in [0.1, 0.15) is 27.9 Å². The first-order valence-corrected chi connectivity index (χ1v) is 8.05. The summed E-state index contributed by atoms with van der Waals surface area (Å²) in [6.07, 6.45) is 1.94. The maximum atomic E-state index is 12.3. The molecular weight excluding hydrogens is 338 g/mol. The molecule has 136 valence electrons. The number of carbonyl (C=O) groups is 3. The molecule has 1 unspecified atom stereocenters. The van der Waals surface area contributed by atoms with Gasteiger partial charge in [0.15, 0.2) is 0 Å². The number of imidazole rings is 1. The molecule has 0 fully saturated rings. The molecule has 1 aromatic carbocycles. The zero-order valence-corrected chi connectivity index (χ0v) is 14.2. The molecule has 0 aliphatic carbocycles. The minimum absolute atomic E-state index is 0.127. The number of hydrogen-bond acceptors (Lipinski definition) is 6. The number of carbonyl (C=O) groups excluding carboxylic acids is 3. The Bertz CT molecular complexity index is 847. The van der Waals surface area contributed by atoms with Crippen molar-refractivity contribution in [3.8, 4) is 0 Å². The van der Waals surface area contributed by atoms with Crippen molar-refractivity contribution < 1.29 is 19.1 Å². The van der Waals surface area contributed by atoms with Crippen LogP contribution in [0.5, 0.6) is 0 Å². The minimum atomic E-state index is -0.552. The molecule has 9 nitrogen and oxygen atoms in total. The number of benzene rings is 1. The van der Waals surface area contributed by atoms with Gasteiger partial charge in [0.2, 0.25) is 5.91 Å². The highest BCUT2D eigenvalue weighted by Crippen LogP contribution is 2.39. The number of anilines is 1. The first-order chi connectivity index (χ1) is 12.5. The fraction of sp³-hybridized carbons (Fsp3) is 0.294. The molecule has 0 saturated heterocycles. The van der Waals surface area contributed by atoms with Gasteiger partial charge in [0.05, 0.1) is 25.9 Å². The fourth-order valence-electron chi connectivity index (χ4n) is 2.95. The largest absolute Gasteiger partial charge is 0.468 e. The number of amides is 2. The Hall–Kier alpha value is -3.20. The molecule has 4 N–H and O–H groups in total. The Morgan fingerprint density at radius 2 is 2.15 bits per heavy atom. The SMILES string of the molecule is COC(=O)CNC(=O)c1cnc(C2Cc3ccccc3N2C(=O)CN)[nH]1. The van der Waals surface area contributed by atoms with E-state index in [1.165, 1.54) is 13.3 Å². The molecule has 26 heavy (non-hydrogen) atoms. The van der Waals surface area contributed by atoms with Gasteiger partial charge in [-0.05, 0) is 11.6 Å². The molecule has 0 radical (unpaired) electrons. The number of aromatic amines is 1. The Morgan fingerprint density at radius 3 is 2.88 bits per heavy atom. The Labute approximate surface area is 149 Å². The van der Waals surface area contributed by atoms with Gasteiger partial charge in [-0.3, -0.25) is 14.4 Å². The normalized spacial score (nSPS) is 15.5. The van der Waals surface area contributed by atoms with Crippen molar-refractivity contribution in [2.24, 2.45) is 5.73 Å². The van der Waals surface area contributed by atoms with E-state index in [0.29, 0.717) is 12.2 Å². The smallest absolute Gasteiger partial charge is 0.325 e. The maximum Gasteiger partial charge on any atom is 0.325 e. The van der Waals surface area contributed by atoms with E-state index in [1.54, 1.807) is 4.90 Å². The maximum absolute atomic E-state index is 12.3. The molecule has 0 saturated carbocycles. The predicted octanol–water partition coefficient (Wildman–Crippen LogP) is -0.0984. The number of ether oxygens (including phenoxy) is 1. The third kappa shape index (κ3) is 3.29. The number of nitrogens with two attached hydrogens (primary N) is 1. The monoisotopic (exact) mass is 357 g/mol. The van der Waals surface area contributed by atoms with Gasteiger partial charge < -0.3 is 25.7 Å². The van der Waals surface area contributed by atoms with Gasteiger partial charge in [0.1, 0.15) is 18.1 Å². The number of para-hydroxylation sites is 1. The molecule has 2 aromatic rings. The summed E-state index contributed by atoms with van der Waals surface area (Å²) in [5.74, 6) is -0.787. The van der Waals surface area contributed by atoms with E-state index in [2.05, 4.69) is 20.0 Å². The zero-order chi connectivity index (χ0) is 18.7. The number of nitrogens with one attached hydrogen (secondary N) is 2. The summed E-state index contributed by atoms with van der Waals surface area (Å²) in [6.45, 7) is -0.367. The van der Waals surface area contributed by atoms with Crippen LogP contribution in [0.15, 0.2) is 30.5 Å². The van der Waals surface area contributed by atoms with E-state index in [9.17, 15) is 14.4 Å². The van der Waals surface area contributed by atoms with E-state index < -0.39 is 11.9 Å². The first kappa shape index (κ1) is 17.6. The average Bonchev–Trinajstić information content (AvgIpc) is 3.29. The molecule has 0 bridgehead atoms. The molecule has 1 aromatic heterocycles. The van der Waals surface area contributed by atoms with Crippen LogP contribution in [0.25, 0.3) is 0 Å². The number of hydrogen-bond donors (Lipinski definition) is 3. The lowest BCUT2D eigenvalue weighted by Gasteiger charge is -2.23. The van der Waals surface area contributed by atoms with Gasteiger partial charge in [-0.25, -0.2) is 4.98 Å². The summed E-state index contributed by atoms with van der Waals surface area (Å²) in [6, 6.07) is 7.19. The fourth-order valence-corrected chi connectivity index (χ4v) is 2.95. The number of H-pyrrole nitrogens is 1. The lowest BCUT2D eigenvalue weighted by molar-refractivity contribution is -0.139. The lowest BCUT2D eigenvalue weighted by Crippen LogP contribution is -2.37. The summed E-state index contributed by atoms with van der Waals surface area (Å²) in [7, 11) is 1.24. The Balaban J connectivity index is 1.81. The molecule has 3 rings (SSSR count). The van der Waals surface area contributed by atoms with Crippen molar-refractivity contribution in [2.75, 3.05) is 25.1 Å². The minimum Gasteiger partial charge on any atom is -0.468 e. The van der Waals surface area contributed by atoms with E-state index in [-0.39, 0.29) is 30.7 Å².